The molecule has 0 spiro atoms. The quantitative estimate of drug-likeness (QED) is 0.530. The Hall–Kier alpha value is -1.07. The van der Waals surface area contributed by atoms with E-state index in [-0.39, 0.29) is 0 Å². The molecule has 0 aromatic heterocycles. The van der Waals surface area contributed by atoms with E-state index in [1.165, 1.54) is 0 Å². The maximum absolute atomic E-state index is 5.13. The Morgan fingerprint density at radius 1 is 1.38 bits per heavy atom. The molecule has 0 saturated heterocycles. The molecular weight excluding hydrogens is 180 g/mol. The van der Waals surface area contributed by atoms with E-state index in [9.17, 15) is 0 Å². The zero-order valence-corrected chi connectivity index (χ0v) is 8.69. The van der Waals surface area contributed by atoms with Gasteiger partial charge in [-0.3, -0.25) is 0 Å². The molecule has 0 aliphatic rings. The van der Waals surface area contributed by atoms with Gasteiger partial charge in [-0.15, -0.1) is 0 Å². The Morgan fingerprint density at radius 3 is 2.77 bits per heavy atom. The fraction of sp³-hybridized carbons (Fsp3) is 0.273. The summed E-state index contributed by atoms with van der Waals surface area (Å²) in [6, 6.07) is 5.92. The van der Waals surface area contributed by atoms with Crippen LogP contribution < -0.4 is 4.74 Å². The number of rotatable bonds is 1. The van der Waals surface area contributed by atoms with Gasteiger partial charge in [0.2, 0.25) is 0 Å². The van der Waals surface area contributed by atoms with Crippen molar-refractivity contribution in [1.82, 2.24) is 0 Å². The molecule has 0 atom stereocenters. The number of methoxy groups -OCH3 is 1. The van der Waals surface area contributed by atoms with Crippen LogP contribution in [0.1, 0.15) is 11.1 Å². The molecule has 1 nitrogen and oxygen atoms in total. The van der Waals surface area contributed by atoms with Crippen molar-refractivity contribution in [3.05, 3.63) is 29.3 Å². The highest BCUT2D eigenvalue weighted by molar-refractivity contribution is 7.80. The molecule has 0 radical (unpaired) electrons. The molecule has 68 valence electrons. The zero-order chi connectivity index (χ0) is 9.68. The molecule has 0 bridgehead atoms. The SMILES string of the molecule is COc1cc(C)cc(C#CCS)c1. The molecule has 1 aromatic carbocycles. The second-order valence-corrected chi connectivity index (χ2v) is 3.01. The predicted octanol–water partition coefficient (Wildman–Crippen LogP) is 2.28. The first-order valence-electron chi connectivity index (χ1n) is 4.01. The van der Waals surface area contributed by atoms with Crippen molar-refractivity contribution < 1.29 is 4.74 Å². The molecule has 0 unspecified atom stereocenters. The van der Waals surface area contributed by atoms with E-state index < -0.39 is 0 Å². The monoisotopic (exact) mass is 192 g/mol. The summed E-state index contributed by atoms with van der Waals surface area (Å²) in [5, 5.41) is 0. The number of thiol groups is 1. The molecule has 0 heterocycles. The summed E-state index contributed by atoms with van der Waals surface area (Å²) in [4.78, 5) is 0. The molecule has 0 aliphatic carbocycles. The van der Waals surface area contributed by atoms with Crippen LogP contribution in [0.15, 0.2) is 18.2 Å². The van der Waals surface area contributed by atoms with Crippen molar-refractivity contribution in [2.75, 3.05) is 12.9 Å². The number of hydrogen-bond donors (Lipinski definition) is 1. The first-order chi connectivity index (χ1) is 6.26. The highest BCUT2D eigenvalue weighted by atomic mass is 32.1. The van der Waals surface area contributed by atoms with Gasteiger partial charge in [-0.2, -0.15) is 12.6 Å². The van der Waals surface area contributed by atoms with Gasteiger partial charge < -0.3 is 4.74 Å². The normalized spacial score (nSPS) is 8.85. The summed E-state index contributed by atoms with van der Waals surface area (Å²) in [6.07, 6.45) is 0. The lowest BCUT2D eigenvalue weighted by molar-refractivity contribution is 0.414. The molecule has 2 heteroatoms. The largest absolute Gasteiger partial charge is 0.497 e. The van der Waals surface area contributed by atoms with Crippen molar-refractivity contribution in [3.8, 4) is 17.6 Å². The topological polar surface area (TPSA) is 9.23 Å². The van der Waals surface area contributed by atoms with Crippen LogP contribution in [0, 0.1) is 18.8 Å². The third-order valence-corrected chi connectivity index (χ3v) is 1.76. The van der Waals surface area contributed by atoms with E-state index >= 15 is 0 Å². The van der Waals surface area contributed by atoms with Crippen LogP contribution in [0.2, 0.25) is 0 Å². The third-order valence-electron chi connectivity index (χ3n) is 1.60. The zero-order valence-electron chi connectivity index (χ0n) is 7.79. The predicted molar refractivity (Wildman–Crippen MR) is 58.5 cm³/mol. The lowest BCUT2D eigenvalue weighted by Gasteiger charge is -2.01. The van der Waals surface area contributed by atoms with Crippen LogP contribution >= 0.6 is 12.6 Å². The van der Waals surface area contributed by atoms with Gasteiger partial charge in [0.15, 0.2) is 0 Å². The molecule has 0 N–H and O–H groups in total. The minimum absolute atomic E-state index is 0.580. The minimum atomic E-state index is 0.580. The summed E-state index contributed by atoms with van der Waals surface area (Å²) in [5.74, 6) is 7.34. The Labute approximate surface area is 84.5 Å². The Bertz CT molecular complexity index is 347. The van der Waals surface area contributed by atoms with Gasteiger partial charge in [0.25, 0.3) is 0 Å². The Balaban J connectivity index is 3.01. The smallest absolute Gasteiger partial charge is 0.120 e. The summed E-state index contributed by atoms with van der Waals surface area (Å²) in [6.45, 7) is 2.02. The van der Waals surface area contributed by atoms with Crippen molar-refractivity contribution in [1.29, 1.82) is 0 Å². The van der Waals surface area contributed by atoms with E-state index in [0.717, 1.165) is 16.9 Å². The first-order valence-corrected chi connectivity index (χ1v) is 4.65. The molecule has 0 fully saturated rings. The van der Waals surface area contributed by atoms with Gasteiger partial charge >= 0.3 is 0 Å². The van der Waals surface area contributed by atoms with Crippen molar-refractivity contribution >= 4 is 12.6 Å². The molecule has 0 amide bonds. The van der Waals surface area contributed by atoms with Crippen molar-refractivity contribution in [2.45, 2.75) is 6.92 Å². The van der Waals surface area contributed by atoms with E-state index in [1.807, 2.05) is 25.1 Å². The maximum Gasteiger partial charge on any atom is 0.120 e. The van der Waals surface area contributed by atoms with Gasteiger partial charge in [-0.25, -0.2) is 0 Å². The summed E-state index contributed by atoms with van der Waals surface area (Å²) in [7, 11) is 1.66. The van der Waals surface area contributed by atoms with Crippen LogP contribution in [0.4, 0.5) is 0 Å². The summed E-state index contributed by atoms with van der Waals surface area (Å²) in [5.41, 5.74) is 2.13. The van der Waals surface area contributed by atoms with E-state index in [2.05, 4.69) is 24.5 Å². The van der Waals surface area contributed by atoms with E-state index in [0.29, 0.717) is 5.75 Å². The molecule has 1 aromatic rings. The number of ether oxygens (including phenoxy) is 1. The van der Waals surface area contributed by atoms with Gasteiger partial charge in [-0.1, -0.05) is 11.8 Å². The second-order valence-electron chi connectivity index (χ2n) is 2.70. The lowest BCUT2D eigenvalue weighted by Crippen LogP contribution is -1.85. The molecule has 1 rings (SSSR count). The number of hydrogen-bond acceptors (Lipinski definition) is 2. The fourth-order valence-electron chi connectivity index (χ4n) is 1.08. The molecule has 0 aliphatic heterocycles. The van der Waals surface area contributed by atoms with Crippen LogP contribution in [-0.4, -0.2) is 12.9 Å². The molecule has 13 heavy (non-hydrogen) atoms. The van der Waals surface area contributed by atoms with Crippen LogP contribution in [0.3, 0.4) is 0 Å². The van der Waals surface area contributed by atoms with Gasteiger partial charge in [-0.05, 0) is 30.7 Å². The van der Waals surface area contributed by atoms with Crippen LogP contribution in [0.5, 0.6) is 5.75 Å². The minimum Gasteiger partial charge on any atom is -0.497 e. The van der Waals surface area contributed by atoms with E-state index in [4.69, 9.17) is 4.74 Å². The highest BCUT2D eigenvalue weighted by Crippen LogP contribution is 2.15. The van der Waals surface area contributed by atoms with Gasteiger partial charge in [0.05, 0.1) is 12.9 Å². The highest BCUT2D eigenvalue weighted by Gasteiger charge is 1.94. The van der Waals surface area contributed by atoms with Crippen molar-refractivity contribution in [3.63, 3.8) is 0 Å². The molecule has 0 saturated carbocycles. The lowest BCUT2D eigenvalue weighted by atomic mass is 10.1. The van der Waals surface area contributed by atoms with Crippen molar-refractivity contribution in [2.24, 2.45) is 0 Å². The number of aryl methyl sites for hydroxylation is 1. The average molecular weight is 192 g/mol. The molecular formula is C11H12OS. The second kappa shape index (κ2) is 4.84. The fourth-order valence-corrected chi connectivity index (χ4v) is 1.16. The maximum atomic E-state index is 5.13. The van der Waals surface area contributed by atoms with Gasteiger partial charge in [0, 0.05) is 5.56 Å². The Morgan fingerprint density at radius 2 is 2.15 bits per heavy atom. The summed E-state index contributed by atoms with van der Waals surface area (Å²) >= 11 is 4.02. The first kappa shape index (κ1) is 10.0. The van der Waals surface area contributed by atoms with Gasteiger partial charge in [0.1, 0.15) is 5.75 Å². The average Bonchev–Trinajstić information content (AvgIpc) is 2.14. The van der Waals surface area contributed by atoms with Crippen LogP contribution in [-0.2, 0) is 0 Å². The standard InChI is InChI=1S/C11H12OS/c1-9-6-10(4-3-5-13)8-11(7-9)12-2/h6-8,13H,5H2,1-2H3. The number of benzene rings is 1. The summed E-state index contributed by atoms with van der Waals surface area (Å²) < 4.78 is 5.13. The van der Waals surface area contributed by atoms with Crippen LogP contribution in [0.25, 0.3) is 0 Å². The Kier molecular flexibility index (Phi) is 3.72. The third kappa shape index (κ3) is 3.04. The van der Waals surface area contributed by atoms with E-state index in [1.54, 1.807) is 7.11 Å².